The quantitative estimate of drug-likeness (QED) is 0.718. The lowest BCUT2D eigenvalue weighted by atomic mass is 9.76. The minimum Gasteiger partial charge on any atom is -0.507 e. The average molecular weight is 350 g/mol. The van der Waals surface area contributed by atoms with Crippen molar-refractivity contribution >= 4 is 11.6 Å². The minimum absolute atomic E-state index is 0.0763. The lowest BCUT2D eigenvalue weighted by Crippen LogP contribution is -2.25. The Morgan fingerprint density at radius 3 is 2.77 bits per heavy atom. The fourth-order valence-electron chi connectivity index (χ4n) is 4.55. The number of hydrogen-bond acceptors (Lipinski definition) is 5. The Hall–Kier alpha value is -2.66. The van der Waals surface area contributed by atoms with Crippen molar-refractivity contribution in [2.75, 3.05) is 7.11 Å². The van der Waals surface area contributed by atoms with Crippen LogP contribution >= 0.6 is 0 Å². The molecule has 0 bridgehead atoms. The average Bonchev–Trinajstić information content (AvgIpc) is 3.41. The molecule has 132 valence electrons. The van der Waals surface area contributed by atoms with E-state index < -0.39 is 0 Å². The number of hydrogen-bond donors (Lipinski definition) is 1. The second-order valence-corrected chi connectivity index (χ2v) is 7.17. The van der Waals surface area contributed by atoms with Gasteiger partial charge < -0.3 is 14.6 Å². The zero-order valence-electron chi connectivity index (χ0n) is 14.6. The van der Waals surface area contributed by atoms with Gasteiger partial charge in [0.15, 0.2) is 5.78 Å². The van der Waals surface area contributed by atoms with Crippen molar-refractivity contribution < 1.29 is 24.2 Å². The molecule has 1 heterocycles. The molecule has 2 aromatic carbocycles. The van der Waals surface area contributed by atoms with Crippen LogP contribution in [0.1, 0.15) is 68.8 Å². The van der Waals surface area contributed by atoms with E-state index in [-0.39, 0.29) is 45.7 Å². The standard InChI is InChI=1S/C21H18O5/c1-3-21-8-7-10-12(20(21)26-21)9-13-16(18(10)23)19(24)15-11(17(13)22)5-4-6-14(15)25-2/h4-6,9,20,23H,3,7-8H2,1-2H3/t20-,21+/m0/s1. The zero-order valence-corrected chi connectivity index (χ0v) is 14.6. The van der Waals surface area contributed by atoms with Crippen LogP contribution in [0.2, 0.25) is 0 Å². The van der Waals surface area contributed by atoms with Crippen molar-refractivity contribution in [3.05, 3.63) is 57.6 Å². The van der Waals surface area contributed by atoms with E-state index in [0.717, 1.165) is 24.0 Å². The van der Waals surface area contributed by atoms with Crippen LogP contribution in [-0.4, -0.2) is 29.4 Å². The van der Waals surface area contributed by atoms with Crippen LogP contribution in [0.15, 0.2) is 24.3 Å². The van der Waals surface area contributed by atoms with Crippen molar-refractivity contribution in [2.24, 2.45) is 0 Å². The first kappa shape index (κ1) is 15.6. The molecule has 1 fully saturated rings. The van der Waals surface area contributed by atoms with Gasteiger partial charge in [0.05, 0.1) is 23.8 Å². The molecule has 0 amide bonds. The summed E-state index contributed by atoms with van der Waals surface area (Å²) >= 11 is 0. The van der Waals surface area contributed by atoms with Crippen LogP contribution in [0.25, 0.3) is 0 Å². The Labute approximate surface area is 150 Å². The number of ether oxygens (including phenoxy) is 2. The molecular formula is C21H18O5. The number of carbonyl (C=O) groups excluding carboxylic acids is 2. The highest BCUT2D eigenvalue weighted by molar-refractivity contribution is 6.30. The normalized spacial score (nSPS) is 25.1. The number of rotatable bonds is 2. The minimum atomic E-state index is -0.364. The van der Waals surface area contributed by atoms with Crippen molar-refractivity contribution in [3.63, 3.8) is 0 Å². The van der Waals surface area contributed by atoms with Crippen molar-refractivity contribution in [1.82, 2.24) is 0 Å². The van der Waals surface area contributed by atoms with Gasteiger partial charge in [-0.25, -0.2) is 0 Å². The molecule has 0 aromatic heterocycles. The van der Waals surface area contributed by atoms with Crippen LogP contribution in [-0.2, 0) is 11.2 Å². The number of fused-ring (bicyclic) bond motifs is 5. The number of phenols is 1. The molecule has 1 aliphatic heterocycles. The first-order chi connectivity index (χ1) is 12.5. The predicted molar refractivity (Wildman–Crippen MR) is 93.1 cm³/mol. The molecule has 1 N–H and O–H groups in total. The largest absolute Gasteiger partial charge is 0.507 e. The first-order valence-electron chi connectivity index (χ1n) is 8.85. The van der Waals surface area contributed by atoms with Gasteiger partial charge in [0.25, 0.3) is 0 Å². The van der Waals surface area contributed by atoms with E-state index in [1.54, 1.807) is 24.3 Å². The van der Waals surface area contributed by atoms with Gasteiger partial charge in [-0.1, -0.05) is 19.1 Å². The highest BCUT2D eigenvalue weighted by atomic mass is 16.6. The second-order valence-electron chi connectivity index (χ2n) is 7.17. The third-order valence-electron chi connectivity index (χ3n) is 6.08. The maximum atomic E-state index is 13.1. The van der Waals surface area contributed by atoms with Gasteiger partial charge in [0, 0.05) is 16.7 Å². The van der Waals surface area contributed by atoms with Gasteiger partial charge in [-0.15, -0.1) is 0 Å². The summed E-state index contributed by atoms with van der Waals surface area (Å²) < 4.78 is 11.2. The number of benzene rings is 2. The molecule has 2 atom stereocenters. The van der Waals surface area contributed by atoms with E-state index in [9.17, 15) is 14.7 Å². The number of epoxide rings is 1. The molecule has 5 nitrogen and oxygen atoms in total. The summed E-state index contributed by atoms with van der Waals surface area (Å²) in [5.74, 6) is -0.358. The lowest BCUT2D eigenvalue weighted by molar-refractivity contribution is 0.0973. The number of carbonyl (C=O) groups is 2. The monoisotopic (exact) mass is 350 g/mol. The van der Waals surface area contributed by atoms with Gasteiger partial charge in [-0.2, -0.15) is 0 Å². The van der Waals surface area contributed by atoms with Crippen LogP contribution in [0.4, 0.5) is 0 Å². The molecule has 0 unspecified atom stereocenters. The Kier molecular flexibility index (Phi) is 2.97. The van der Waals surface area contributed by atoms with Crippen LogP contribution in [0.5, 0.6) is 11.5 Å². The van der Waals surface area contributed by atoms with Crippen LogP contribution in [0.3, 0.4) is 0 Å². The molecule has 1 saturated heterocycles. The number of ketones is 2. The molecule has 2 aliphatic carbocycles. The molecule has 5 heteroatoms. The van der Waals surface area contributed by atoms with E-state index in [1.165, 1.54) is 7.11 Å². The van der Waals surface area contributed by atoms with Crippen LogP contribution < -0.4 is 4.74 Å². The highest BCUT2D eigenvalue weighted by Gasteiger charge is 2.59. The third-order valence-corrected chi connectivity index (χ3v) is 6.08. The van der Waals surface area contributed by atoms with E-state index in [0.29, 0.717) is 17.7 Å². The van der Waals surface area contributed by atoms with E-state index >= 15 is 0 Å². The Morgan fingerprint density at radius 2 is 2.04 bits per heavy atom. The fraction of sp³-hybridized carbons (Fsp3) is 0.333. The lowest BCUT2D eigenvalue weighted by Gasteiger charge is -2.25. The molecule has 5 rings (SSSR count). The summed E-state index contributed by atoms with van der Waals surface area (Å²) in [5.41, 5.74) is 2.30. The fourth-order valence-corrected chi connectivity index (χ4v) is 4.55. The molecule has 3 aliphatic rings. The smallest absolute Gasteiger partial charge is 0.201 e. The summed E-state index contributed by atoms with van der Waals surface area (Å²) in [6.45, 7) is 2.08. The summed E-state index contributed by atoms with van der Waals surface area (Å²) in [6, 6.07) is 6.73. The molecular weight excluding hydrogens is 332 g/mol. The molecule has 0 radical (unpaired) electrons. The van der Waals surface area contributed by atoms with E-state index in [2.05, 4.69) is 6.92 Å². The Morgan fingerprint density at radius 1 is 1.23 bits per heavy atom. The number of methoxy groups -OCH3 is 1. The van der Waals surface area contributed by atoms with Crippen LogP contribution in [0, 0.1) is 0 Å². The predicted octanol–water partition coefficient (Wildman–Crippen LogP) is 3.34. The van der Waals surface area contributed by atoms with Crippen molar-refractivity contribution in [1.29, 1.82) is 0 Å². The van der Waals surface area contributed by atoms with Gasteiger partial charge >= 0.3 is 0 Å². The molecule has 0 saturated carbocycles. The molecule has 26 heavy (non-hydrogen) atoms. The van der Waals surface area contributed by atoms with Gasteiger partial charge in [0.1, 0.15) is 17.6 Å². The summed E-state index contributed by atoms with van der Waals surface area (Å²) in [6.07, 6.45) is 2.25. The highest BCUT2D eigenvalue weighted by Crippen LogP contribution is 2.60. The number of phenolic OH excluding ortho intramolecular Hbond substituents is 1. The topological polar surface area (TPSA) is 76.1 Å². The van der Waals surface area contributed by atoms with Gasteiger partial charge in [0.2, 0.25) is 5.78 Å². The van der Waals surface area contributed by atoms with Gasteiger partial charge in [-0.05, 0) is 37.0 Å². The van der Waals surface area contributed by atoms with Gasteiger partial charge in [-0.3, -0.25) is 9.59 Å². The van der Waals surface area contributed by atoms with E-state index in [4.69, 9.17) is 9.47 Å². The van der Waals surface area contributed by atoms with Crippen molar-refractivity contribution in [2.45, 2.75) is 37.9 Å². The van der Waals surface area contributed by atoms with E-state index in [1.807, 2.05) is 0 Å². The van der Waals surface area contributed by atoms with Crippen molar-refractivity contribution in [3.8, 4) is 11.5 Å². The third kappa shape index (κ3) is 1.73. The maximum Gasteiger partial charge on any atom is 0.201 e. The first-order valence-corrected chi connectivity index (χ1v) is 8.85. The number of aromatic hydroxyl groups is 1. The summed E-state index contributed by atoms with van der Waals surface area (Å²) in [5, 5.41) is 10.9. The Balaban J connectivity index is 1.75. The summed E-state index contributed by atoms with van der Waals surface area (Å²) in [4.78, 5) is 26.2. The Bertz CT molecular complexity index is 1010. The molecule has 2 aromatic rings. The summed E-state index contributed by atoms with van der Waals surface area (Å²) in [7, 11) is 1.46. The zero-order chi connectivity index (χ0) is 18.2. The maximum absolute atomic E-state index is 13.1. The molecule has 0 spiro atoms. The SMILES string of the molecule is CC[C@@]12CCc3c(cc4c(c3O)C(=O)c3c(OC)cccc3C4=O)[C@@H]1O2. The second kappa shape index (κ2) is 4.95.